The predicted octanol–water partition coefficient (Wildman–Crippen LogP) is -0.119. The lowest BCUT2D eigenvalue weighted by Gasteiger charge is -2.19. The fourth-order valence-corrected chi connectivity index (χ4v) is 2.31. The van der Waals surface area contributed by atoms with Crippen LogP contribution in [0.15, 0.2) is 9.98 Å². The highest BCUT2D eigenvalue weighted by Gasteiger charge is 2.37. The number of carbonyl (C=O) groups excluding carboxylic acids is 1. The number of aliphatic imine (C=N–C) groups is 2. The van der Waals surface area contributed by atoms with Gasteiger partial charge in [-0.05, 0) is 19.1 Å². The van der Waals surface area contributed by atoms with E-state index in [1.54, 1.807) is 0 Å². The van der Waals surface area contributed by atoms with Crippen molar-refractivity contribution in [1.29, 1.82) is 0 Å². The monoisotopic (exact) mass is 228 g/mol. The Bertz CT molecular complexity index is 363. The number of nitrogens with one attached hydrogen (secondary N) is 2. The number of rotatable bonds is 1. The Morgan fingerprint density at radius 2 is 2.43 bits per heavy atom. The molecule has 2 aliphatic heterocycles. The van der Waals surface area contributed by atoms with E-state index >= 15 is 0 Å². The van der Waals surface area contributed by atoms with E-state index < -0.39 is 0 Å². The first-order valence-corrected chi connectivity index (χ1v) is 5.41. The summed E-state index contributed by atoms with van der Waals surface area (Å²) in [4.78, 5) is 19.7. The number of fused-ring (bicyclic) bond motifs is 1. The molecule has 2 aliphatic rings. The first kappa shape index (κ1) is 9.60. The molecule has 7 heteroatoms. The minimum Gasteiger partial charge on any atom is -0.319 e. The van der Waals surface area contributed by atoms with Crippen LogP contribution >= 0.6 is 24.0 Å². The summed E-state index contributed by atoms with van der Waals surface area (Å²) in [5, 5.41) is 6.02. The average molecular weight is 228 g/mol. The number of hydrogen-bond acceptors (Lipinski definition) is 4. The zero-order valence-electron chi connectivity index (χ0n) is 7.40. The van der Waals surface area contributed by atoms with Gasteiger partial charge in [0.15, 0.2) is 10.3 Å². The molecular formula is C7H8N4OS2. The van der Waals surface area contributed by atoms with Crippen LogP contribution in [-0.4, -0.2) is 33.8 Å². The lowest BCUT2D eigenvalue weighted by Crippen LogP contribution is -2.56. The molecule has 0 aromatic heterocycles. The van der Waals surface area contributed by atoms with Gasteiger partial charge in [0, 0.05) is 6.54 Å². The molecule has 0 aliphatic carbocycles. The number of hydrogen-bond donors (Lipinski definition) is 2. The van der Waals surface area contributed by atoms with Crippen molar-refractivity contribution in [2.45, 2.75) is 12.2 Å². The summed E-state index contributed by atoms with van der Waals surface area (Å²) in [7, 11) is 0. The molecule has 2 heterocycles. The van der Waals surface area contributed by atoms with Gasteiger partial charge >= 0.3 is 0 Å². The maximum Gasteiger partial charge on any atom is 0.247 e. The Balaban J connectivity index is 2.24. The van der Waals surface area contributed by atoms with E-state index in [0.29, 0.717) is 22.7 Å². The van der Waals surface area contributed by atoms with E-state index in [1.165, 1.54) is 11.8 Å². The zero-order valence-corrected chi connectivity index (χ0v) is 9.04. The van der Waals surface area contributed by atoms with Crippen LogP contribution < -0.4 is 10.6 Å². The molecule has 14 heavy (non-hydrogen) atoms. The van der Waals surface area contributed by atoms with Gasteiger partial charge in [0.05, 0.1) is 0 Å². The van der Waals surface area contributed by atoms with Crippen molar-refractivity contribution in [2.75, 3.05) is 6.54 Å². The summed E-state index contributed by atoms with van der Waals surface area (Å²) in [6.45, 7) is 2.59. The van der Waals surface area contributed by atoms with Crippen LogP contribution in [0.1, 0.15) is 6.92 Å². The van der Waals surface area contributed by atoms with Gasteiger partial charge in [-0.25, -0.2) is 4.99 Å². The second-order valence-electron chi connectivity index (χ2n) is 2.70. The van der Waals surface area contributed by atoms with Gasteiger partial charge in [-0.15, -0.1) is 0 Å². The van der Waals surface area contributed by atoms with Gasteiger partial charge in [0.1, 0.15) is 11.1 Å². The van der Waals surface area contributed by atoms with Crippen LogP contribution in [-0.2, 0) is 4.79 Å². The van der Waals surface area contributed by atoms with Crippen molar-refractivity contribution >= 4 is 46.0 Å². The van der Waals surface area contributed by atoms with Gasteiger partial charge < -0.3 is 10.6 Å². The molecular weight excluding hydrogens is 220 g/mol. The number of carbonyl (C=O) groups is 1. The van der Waals surface area contributed by atoms with E-state index in [-0.39, 0.29) is 11.2 Å². The first-order chi connectivity index (χ1) is 6.70. The van der Waals surface area contributed by atoms with E-state index in [0.717, 1.165) is 0 Å². The molecule has 1 atom stereocenters. The summed E-state index contributed by atoms with van der Waals surface area (Å²) in [6.07, 6.45) is 0. The molecule has 74 valence electrons. The third kappa shape index (κ3) is 1.64. The second-order valence-corrected chi connectivity index (χ2v) is 4.18. The van der Waals surface area contributed by atoms with Crippen LogP contribution in [0.5, 0.6) is 0 Å². The standard InChI is InChI=1S/C7H8N4OS2/c1-2-8-7-10-4-3(14-7)5(12)11-6(13)9-4/h3H,2H2,1H3,(H2,8,9,10,11,12,13). The molecule has 0 aromatic carbocycles. The zero-order chi connectivity index (χ0) is 10.1. The minimum absolute atomic E-state index is 0.126. The molecule has 0 bridgehead atoms. The molecule has 0 aromatic rings. The molecule has 2 N–H and O–H groups in total. The van der Waals surface area contributed by atoms with Crippen LogP contribution in [0.2, 0.25) is 0 Å². The summed E-state index contributed by atoms with van der Waals surface area (Å²) in [5.74, 6) is 0.467. The number of thioether (sulfide) groups is 1. The molecule has 1 amide bonds. The molecule has 0 spiro atoms. The maximum absolute atomic E-state index is 11.4. The van der Waals surface area contributed by atoms with Gasteiger partial charge in [-0.3, -0.25) is 9.79 Å². The van der Waals surface area contributed by atoms with E-state index in [4.69, 9.17) is 12.2 Å². The molecule has 1 saturated heterocycles. The SMILES string of the molecule is CCN=C1N=C2NC(=S)NC(=O)C2S1. The predicted molar refractivity (Wildman–Crippen MR) is 60.7 cm³/mol. The van der Waals surface area contributed by atoms with Gasteiger partial charge in [-0.2, -0.15) is 0 Å². The Kier molecular flexibility index (Phi) is 2.51. The van der Waals surface area contributed by atoms with Crippen molar-refractivity contribution in [2.24, 2.45) is 9.98 Å². The van der Waals surface area contributed by atoms with Crippen molar-refractivity contribution in [3.8, 4) is 0 Å². The molecule has 1 unspecified atom stereocenters. The quantitative estimate of drug-likeness (QED) is 0.614. The van der Waals surface area contributed by atoms with Crippen molar-refractivity contribution in [3.05, 3.63) is 0 Å². The summed E-state index contributed by atoms with van der Waals surface area (Å²) < 4.78 is 0. The Labute approximate surface area is 90.5 Å². The van der Waals surface area contributed by atoms with Crippen molar-refractivity contribution in [1.82, 2.24) is 10.6 Å². The summed E-state index contributed by atoms with van der Waals surface area (Å²) in [5.41, 5.74) is 0. The molecule has 0 radical (unpaired) electrons. The summed E-state index contributed by atoms with van der Waals surface area (Å²) in [6, 6.07) is 0. The van der Waals surface area contributed by atoms with E-state index in [1.807, 2.05) is 6.92 Å². The Morgan fingerprint density at radius 1 is 1.64 bits per heavy atom. The Morgan fingerprint density at radius 3 is 3.14 bits per heavy atom. The normalized spacial score (nSPS) is 28.2. The topological polar surface area (TPSA) is 65.8 Å². The highest BCUT2D eigenvalue weighted by molar-refractivity contribution is 8.16. The Hall–Kier alpha value is -0.950. The van der Waals surface area contributed by atoms with E-state index in [9.17, 15) is 4.79 Å². The van der Waals surface area contributed by atoms with Crippen LogP contribution in [0.3, 0.4) is 0 Å². The maximum atomic E-state index is 11.4. The number of thiocarbonyl (C=S) groups is 1. The molecule has 0 saturated carbocycles. The molecule has 5 nitrogen and oxygen atoms in total. The van der Waals surface area contributed by atoms with Crippen LogP contribution in [0.4, 0.5) is 0 Å². The lowest BCUT2D eigenvalue weighted by molar-refractivity contribution is -0.118. The average Bonchev–Trinajstić information content (AvgIpc) is 2.48. The lowest BCUT2D eigenvalue weighted by atomic mass is 10.3. The summed E-state index contributed by atoms with van der Waals surface area (Å²) >= 11 is 6.18. The highest BCUT2D eigenvalue weighted by Crippen LogP contribution is 2.24. The fraction of sp³-hybridized carbons (Fsp3) is 0.429. The number of amides is 1. The largest absolute Gasteiger partial charge is 0.319 e. The van der Waals surface area contributed by atoms with E-state index in [2.05, 4.69) is 20.6 Å². The van der Waals surface area contributed by atoms with Gasteiger partial charge in [0.2, 0.25) is 5.91 Å². The van der Waals surface area contributed by atoms with Crippen LogP contribution in [0.25, 0.3) is 0 Å². The van der Waals surface area contributed by atoms with Crippen molar-refractivity contribution in [3.63, 3.8) is 0 Å². The van der Waals surface area contributed by atoms with Gasteiger partial charge in [-0.1, -0.05) is 11.8 Å². The van der Waals surface area contributed by atoms with Crippen molar-refractivity contribution < 1.29 is 4.79 Å². The van der Waals surface area contributed by atoms with Crippen LogP contribution in [0, 0.1) is 0 Å². The number of nitrogens with zero attached hydrogens (tertiary/aromatic N) is 2. The third-order valence-electron chi connectivity index (χ3n) is 1.70. The fourth-order valence-electron chi connectivity index (χ4n) is 1.15. The highest BCUT2D eigenvalue weighted by atomic mass is 32.2. The second kappa shape index (κ2) is 3.66. The van der Waals surface area contributed by atoms with Gasteiger partial charge in [0.25, 0.3) is 0 Å². The minimum atomic E-state index is -0.313. The third-order valence-corrected chi connectivity index (χ3v) is 3.01. The first-order valence-electron chi connectivity index (χ1n) is 4.12. The number of amidine groups is 2. The smallest absolute Gasteiger partial charge is 0.247 e. The molecule has 2 rings (SSSR count). The molecule has 1 fully saturated rings.